The number of nitrogens with zero attached hydrogens (tertiary/aromatic N) is 2. The Balaban J connectivity index is 2.02. The van der Waals surface area contributed by atoms with Crippen LogP contribution in [0.25, 0.3) is 11.1 Å². The van der Waals surface area contributed by atoms with Crippen molar-refractivity contribution < 1.29 is 13.9 Å². The summed E-state index contributed by atoms with van der Waals surface area (Å²) in [6.45, 7) is 1.69. The second-order valence-electron chi connectivity index (χ2n) is 5.69. The molecule has 0 fully saturated rings. The van der Waals surface area contributed by atoms with E-state index in [0.717, 1.165) is 5.56 Å². The Bertz CT molecular complexity index is 971. The van der Waals surface area contributed by atoms with Crippen LogP contribution in [0.4, 0.5) is 10.2 Å². The molecule has 140 valence electrons. The summed E-state index contributed by atoms with van der Waals surface area (Å²) in [7, 11) is 1.50. The van der Waals surface area contributed by atoms with E-state index < -0.39 is 11.9 Å². The maximum atomic E-state index is 13.8. The number of aromatic nitrogens is 2. The van der Waals surface area contributed by atoms with Gasteiger partial charge in [-0.25, -0.2) is 4.39 Å². The first-order valence-electron chi connectivity index (χ1n) is 7.97. The average molecular weight is 408 g/mol. The normalized spacial score (nSPS) is 11.9. The van der Waals surface area contributed by atoms with Gasteiger partial charge in [0.15, 0.2) is 11.6 Å². The van der Waals surface area contributed by atoms with Gasteiger partial charge in [-0.05, 0) is 31.2 Å². The lowest BCUT2D eigenvalue weighted by atomic mass is 10.1. The zero-order chi connectivity index (χ0) is 19.6. The molecule has 8 heteroatoms. The van der Waals surface area contributed by atoms with Crippen molar-refractivity contribution >= 4 is 29.0 Å². The van der Waals surface area contributed by atoms with Crippen molar-refractivity contribution in [3.8, 4) is 22.8 Å². The summed E-state index contributed by atoms with van der Waals surface area (Å²) in [4.78, 5) is 8.34. The summed E-state index contributed by atoms with van der Waals surface area (Å²) < 4.78 is 25.0. The van der Waals surface area contributed by atoms with Crippen LogP contribution >= 0.6 is 23.2 Å². The predicted molar refractivity (Wildman–Crippen MR) is 104 cm³/mol. The number of nitrogens with two attached hydrogens (primary N) is 1. The molecule has 3 rings (SSSR count). The number of ether oxygens (including phenoxy) is 2. The molecule has 2 aromatic heterocycles. The maximum Gasteiger partial charge on any atom is 0.223 e. The van der Waals surface area contributed by atoms with Gasteiger partial charge < -0.3 is 15.2 Å². The van der Waals surface area contributed by atoms with E-state index in [2.05, 4.69) is 9.97 Å². The smallest absolute Gasteiger partial charge is 0.223 e. The largest absolute Gasteiger partial charge is 0.482 e. The zero-order valence-corrected chi connectivity index (χ0v) is 16.1. The molecule has 1 aromatic carbocycles. The SMILES string of the molecule is COc1nc(N)c(OC(C)c2c(Cl)ccc(F)c2Cl)cc1-c1cccnc1. The minimum absolute atomic E-state index is 0.0949. The first-order valence-corrected chi connectivity index (χ1v) is 8.73. The molecular formula is C19H16Cl2FN3O2. The molecule has 0 bridgehead atoms. The van der Waals surface area contributed by atoms with Crippen molar-refractivity contribution in [2.45, 2.75) is 13.0 Å². The Morgan fingerprint density at radius 2 is 2.00 bits per heavy atom. The van der Waals surface area contributed by atoms with Gasteiger partial charge in [0, 0.05) is 34.1 Å². The van der Waals surface area contributed by atoms with E-state index in [4.69, 9.17) is 38.4 Å². The van der Waals surface area contributed by atoms with Gasteiger partial charge in [0.25, 0.3) is 0 Å². The number of pyridine rings is 2. The predicted octanol–water partition coefficient (Wildman–Crippen LogP) is 5.32. The molecule has 1 atom stereocenters. The number of benzene rings is 1. The fraction of sp³-hybridized carbons (Fsp3) is 0.158. The lowest BCUT2D eigenvalue weighted by molar-refractivity contribution is 0.227. The van der Waals surface area contributed by atoms with Crippen LogP contribution in [-0.4, -0.2) is 17.1 Å². The number of anilines is 1. The van der Waals surface area contributed by atoms with Crippen LogP contribution in [0.15, 0.2) is 42.7 Å². The van der Waals surface area contributed by atoms with Crippen LogP contribution in [0.2, 0.25) is 10.0 Å². The van der Waals surface area contributed by atoms with E-state index in [-0.39, 0.29) is 10.8 Å². The van der Waals surface area contributed by atoms with Crippen LogP contribution in [0.5, 0.6) is 11.6 Å². The van der Waals surface area contributed by atoms with Crippen molar-refractivity contribution in [2.75, 3.05) is 12.8 Å². The first kappa shape index (κ1) is 19.2. The van der Waals surface area contributed by atoms with Crippen molar-refractivity contribution in [3.05, 3.63) is 64.2 Å². The molecule has 0 spiro atoms. The van der Waals surface area contributed by atoms with Gasteiger partial charge in [0.05, 0.1) is 12.1 Å². The summed E-state index contributed by atoms with van der Waals surface area (Å²) in [6.07, 6.45) is 2.66. The van der Waals surface area contributed by atoms with Gasteiger partial charge in [-0.15, -0.1) is 0 Å². The van der Waals surface area contributed by atoms with E-state index in [1.165, 1.54) is 19.2 Å². The van der Waals surface area contributed by atoms with Gasteiger partial charge >= 0.3 is 0 Å². The zero-order valence-electron chi connectivity index (χ0n) is 14.5. The standard InChI is InChI=1S/C19H16Cl2FN3O2/c1-10(16-13(20)5-6-14(22)17(16)21)27-15-8-12(11-4-3-7-24-9-11)19(26-2)25-18(15)23/h3-10H,1-2H3,(H2,23,25). The van der Waals surface area contributed by atoms with E-state index in [1.54, 1.807) is 31.5 Å². The van der Waals surface area contributed by atoms with Gasteiger partial charge in [-0.2, -0.15) is 4.98 Å². The fourth-order valence-electron chi connectivity index (χ4n) is 2.64. The van der Waals surface area contributed by atoms with Crippen molar-refractivity contribution in [2.24, 2.45) is 0 Å². The molecule has 2 heterocycles. The third-order valence-corrected chi connectivity index (χ3v) is 4.65. The lowest BCUT2D eigenvalue weighted by Gasteiger charge is -2.20. The van der Waals surface area contributed by atoms with Crippen LogP contribution in [0.1, 0.15) is 18.6 Å². The van der Waals surface area contributed by atoms with Crippen LogP contribution in [0.3, 0.4) is 0 Å². The topological polar surface area (TPSA) is 70.3 Å². The highest BCUT2D eigenvalue weighted by atomic mass is 35.5. The molecule has 3 aromatic rings. The summed E-state index contributed by atoms with van der Waals surface area (Å²) >= 11 is 12.2. The molecule has 0 aliphatic heterocycles. The molecule has 5 nitrogen and oxygen atoms in total. The van der Waals surface area contributed by atoms with Crippen molar-refractivity contribution in [3.63, 3.8) is 0 Å². The Morgan fingerprint density at radius 1 is 1.22 bits per heavy atom. The molecule has 2 N–H and O–H groups in total. The van der Waals surface area contributed by atoms with Crippen LogP contribution < -0.4 is 15.2 Å². The van der Waals surface area contributed by atoms with Crippen LogP contribution in [-0.2, 0) is 0 Å². The molecule has 0 saturated heterocycles. The summed E-state index contributed by atoms with van der Waals surface area (Å²) in [5.74, 6) is 0.166. The third kappa shape index (κ3) is 3.91. The highest BCUT2D eigenvalue weighted by Gasteiger charge is 2.21. The van der Waals surface area contributed by atoms with E-state index in [0.29, 0.717) is 27.8 Å². The number of hydrogen-bond donors (Lipinski definition) is 1. The molecule has 27 heavy (non-hydrogen) atoms. The quantitative estimate of drug-likeness (QED) is 0.579. The van der Waals surface area contributed by atoms with Gasteiger partial charge in [0.2, 0.25) is 5.88 Å². The Kier molecular flexibility index (Phi) is 5.68. The van der Waals surface area contributed by atoms with Crippen molar-refractivity contribution in [1.82, 2.24) is 9.97 Å². The lowest BCUT2D eigenvalue weighted by Crippen LogP contribution is -2.09. The maximum absolute atomic E-state index is 13.8. The molecule has 1 unspecified atom stereocenters. The molecule has 0 aliphatic carbocycles. The third-order valence-electron chi connectivity index (χ3n) is 3.94. The molecule has 0 radical (unpaired) electrons. The molecular weight excluding hydrogens is 392 g/mol. The van der Waals surface area contributed by atoms with E-state index in [1.807, 2.05) is 6.07 Å². The minimum atomic E-state index is -0.667. The second kappa shape index (κ2) is 7.98. The molecule has 0 saturated carbocycles. The number of methoxy groups -OCH3 is 1. The molecule has 0 aliphatic rings. The van der Waals surface area contributed by atoms with Gasteiger partial charge in [-0.1, -0.05) is 29.3 Å². The van der Waals surface area contributed by atoms with Gasteiger partial charge in [0.1, 0.15) is 11.9 Å². The highest BCUT2D eigenvalue weighted by Crippen LogP contribution is 2.39. The summed E-state index contributed by atoms with van der Waals surface area (Å²) in [5, 5.41) is 0.198. The van der Waals surface area contributed by atoms with Gasteiger partial charge in [-0.3, -0.25) is 4.98 Å². The average Bonchev–Trinajstić information content (AvgIpc) is 2.67. The number of hydrogen-bond acceptors (Lipinski definition) is 5. The summed E-state index contributed by atoms with van der Waals surface area (Å²) in [6, 6.07) is 7.96. The second-order valence-corrected chi connectivity index (χ2v) is 6.47. The van der Waals surface area contributed by atoms with E-state index in [9.17, 15) is 4.39 Å². The Labute approximate surface area is 165 Å². The first-order chi connectivity index (χ1) is 12.9. The number of rotatable bonds is 5. The minimum Gasteiger partial charge on any atom is -0.482 e. The Hall–Kier alpha value is -2.57. The Morgan fingerprint density at radius 3 is 2.67 bits per heavy atom. The number of halogens is 3. The summed E-state index contributed by atoms with van der Waals surface area (Å²) in [5.41, 5.74) is 7.76. The van der Waals surface area contributed by atoms with Crippen molar-refractivity contribution in [1.29, 1.82) is 0 Å². The van der Waals surface area contributed by atoms with Crippen LogP contribution in [0, 0.1) is 5.82 Å². The van der Waals surface area contributed by atoms with E-state index >= 15 is 0 Å². The fourth-order valence-corrected chi connectivity index (χ4v) is 3.31. The highest BCUT2D eigenvalue weighted by molar-refractivity contribution is 6.36. The molecule has 0 amide bonds. The number of nitrogen functional groups attached to an aromatic ring is 1. The monoisotopic (exact) mass is 407 g/mol.